The van der Waals surface area contributed by atoms with Gasteiger partial charge in [0.15, 0.2) is 11.4 Å². The summed E-state index contributed by atoms with van der Waals surface area (Å²) in [6, 6.07) is 3.24. The maximum Gasteiger partial charge on any atom is 0.354 e. The molecule has 0 saturated carbocycles. The molecule has 2 heterocycles. The number of carbonyl (C=O) groups is 2. The highest BCUT2D eigenvalue weighted by Crippen LogP contribution is 2.22. The van der Waals surface area contributed by atoms with Crippen molar-refractivity contribution >= 4 is 17.6 Å². The van der Waals surface area contributed by atoms with Crippen molar-refractivity contribution < 1.29 is 19.4 Å². The van der Waals surface area contributed by atoms with Crippen LogP contribution in [0, 0.1) is 0 Å². The number of carboxylic acid groups (broad SMARTS) is 1. The molecule has 0 spiro atoms. The maximum atomic E-state index is 12.1. The number of amides is 1. The Morgan fingerprint density at radius 3 is 2.81 bits per heavy atom. The first-order chi connectivity index (χ1) is 9.99. The van der Waals surface area contributed by atoms with E-state index in [0.717, 1.165) is 6.33 Å². The first kappa shape index (κ1) is 14.5. The molecule has 3 N–H and O–H groups in total. The number of anilines is 1. The molecule has 0 aliphatic carbocycles. The van der Waals surface area contributed by atoms with E-state index < -0.39 is 11.9 Å². The zero-order valence-electron chi connectivity index (χ0n) is 11.5. The number of nitrogens with one attached hydrogen (secondary N) is 2. The molecule has 0 saturated heterocycles. The molecule has 2 aromatic rings. The van der Waals surface area contributed by atoms with Crippen molar-refractivity contribution in [2.45, 2.75) is 20.0 Å². The predicted molar refractivity (Wildman–Crippen MR) is 73.5 cm³/mol. The van der Waals surface area contributed by atoms with Gasteiger partial charge >= 0.3 is 5.97 Å². The Kier molecular flexibility index (Phi) is 4.17. The van der Waals surface area contributed by atoms with Gasteiger partial charge in [0.1, 0.15) is 5.69 Å². The second kappa shape index (κ2) is 6.04. The van der Waals surface area contributed by atoms with Crippen LogP contribution in [-0.4, -0.2) is 38.0 Å². The van der Waals surface area contributed by atoms with Crippen LogP contribution >= 0.6 is 0 Å². The fraction of sp³-hybridized carbons (Fsp3) is 0.231. The average molecular weight is 290 g/mol. The quantitative estimate of drug-likeness (QED) is 0.769. The summed E-state index contributed by atoms with van der Waals surface area (Å²) < 4.78 is 5.47. The van der Waals surface area contributed by atoms with Gasteiger partial charge in [-0.2, -0.15) is 0 Å². The van der Waals surface area contributed by atoms with Gasteiger partial charge in [-0.3, -0.25) is 4.79 Å². The molecule has 2 rings (SSSR count). The summed E-state index contributed by atoms with van der Waals surface area (Å²) in [6.07, 6.45) is 2.56. The third kappa shape index (κ3) is 3.35. The molecule has 0 bridgehead atoms. The van der Waals surface area contributed by atoms with E-state index in [4.69, 9.17) is 9.84 Å². The lowest BCUT2D eigenvalue weighted by molar-refractivity contribution is 0.0686. The first-order valence-electron chi connectivity index (χ1n) is 6.18. The van der Waals surface area contributed by atoms with E-state index in [0.29, 0.717) is 5.69 Å². The van der Waals surface area contributed by atoms with Crippen LogP contribution < -0.4 is 10.1 Å². The van der Waals surface area contributed by atoms with Crippen molar-refractivity contribution in [1.29, 1.82) is 0 Å². The Morgan fingerprint density at radius 2 is 2.14 bits per heavy atom. The number of ether oxygens (including phenoxy) is 1. The van der Waals surface area contributed by atoms with E-state index in [1.165, 1.54) is 6.20 Å². The third-order valence-electron chi connectivity index (χ3n) is 2.43. The number of rotatable bonds is 5. The Balaban J connectivity index is 2.24. The molecule has 110 valence electrons. The van der Waals surface area contributed by atoms with Gasteiger partial charge in [-0.05, 0) is 26.0 Å². The molecule has 0 atom stereocenters. The second-order valence-corrected chi connectivity index (χ2v) is 4.41. The lowest BCUT2D eigenvalue weighted by Gasteiger charge is -2.13. The highest BCUT2D eigenvalue weighted by atomic mass is 16.5. The zero-order chi connectivity index (χ0) is 15.4. The Morgan fingerprint density at radius 1 is 1.38 bits per heavy atom. The zero-order valence-corrected chi connectivity index (χ0v) is 11.5. The fourth-order valence-electron chi connectivity index (χ4n) is 1.61. The van der Waals surface area contributed by atoms with Crippen LogP contribution in [0.4, 0.5) is 5.69 Å². The van der Waals surface area contributed by atoms with Gasteiger partial charge in [0, 0.05) is 6.20 Å². The predicted octanol–water partition coefficient (Wildman–Crippen LogP) is 1.54. The van der Waals surface area contributed by atoms with Crippen LogP contribution in [0.5, 0.6) is 5.88 Å². The van der Waals surface area contributed by atoms with E-state index in [1.807, 2.05) is 13.8 Å². The van der Waals surface area contributed by atoms with Gasteiger partial charge in [0.25, 0.3) is 5.91 Å². The van der Waals surface area contributed by atoms with E-state index in [2.05, 4.69) is 20.3 Å². The number of aromatic nitrogens is 3. The lowest BCUT2D eigenvalue weighted by Crippen LogP contribution is -2.18. The van der Waals surface area contributed by atoms with Crippen molar-refractivity contribution in [3.8, 4) is 5.88 Å². The summed E-state index contributed by atoms with van der Waals surface area (Å²) in [7, 11) is 0. The van der Waals surface area contributed by atoms with Gasteiger partial charge < -0.3 is 20.1 Å². The van der Waals surface area contributed by atoms with E-state index >= 15 is 0 Å². The summed E-state index contributed by atoms with van der Waals surface area (Å²) in [4.78, 5) is 33.2. The fourth-order valence-corrected chi connectivity index (χ4v) is 1.61. The highest BCUT2D eigenvalue weighted by Gasteiger charge is 2.21. The van der Waals surface area contributed by atoms with Crippen molar-refractivity contribution in [2.75, 3.05) is 5.32 Å². The molecule has 21 heavy (non-hydrogen) atoms. The molecule has 8 nitrogen and oxygen atoms in total. The number of hydrogen-bond acceptors (Lipinski definition) is 5. The lowest BCUT2D eigenvalue weighted by atomic mass is 10.3. The smallest absolute Gasteiger partial charge is 0.354 e. The Hall–Kier alpha value is -2.90. The van der Waals surface area contributed by atoms with Crippen LogP contribution in [-0.2, 0) is 0 Å². The molecule has 1 amide bonds. The first-order valence-corrected chi connectivity index (χ1v) is 6.18. The minimum absolute atomic E-state index is 0.115. The average Bonchev–Trinajstić information content (AvgIpc) is 2.90. The van der Waals surface area contributed by atoms with Crippen LogP contribution in [0.3, 0.4) is 0 Å². The second-order valence-electron chi connectivity index (χ2n) is 4.41. The third-order valence-corrected chi connectivity index (χ3v) is 2.43. The van der Waals surface area contributed by atoms with Crippen molar-refractivity contribution in [1.82, 2.24) is 15.0 Å². The van der Waals surface area contributed by atoms with Gasteiger partial charge in [0.2, 0.25) is 5.88 Å². The van der Waals surface area contributed by atoms with Crippen LogP contribution in [0.25, 0.3) is 0 Å². The topological polar surface area (TPSA) is 117 Å². The number of pyridine rings is 1. The molecule has 2 aromatic heterocycles. The van der Waals surface area contributed by atoms with Crippen LogP contribution in [0.2, 0.25) is 0 Å². The molecule has 0 aliphatic heterocycles. The SMILES string of the molecule is CC(C)Oc1ncccc1NC(=O)c1nc[nH]c1C(=O)O. The number of aromatic amines is 1. The molecule has 0 fully saturated rings. The molecular weight excluding hydrogens is 276 g/mol. The Labute approximate surface area is 120 Å². The summed E-state index contributed by atoms with van der Waals surface area (Å²) in [5, 5.41) is 11.5. The van der Waals surface area contributed by atoms with E-state index in [-0.39, 0.29) is 23.4 Å². The summed E-state index contributed by atoms with van der Waals surface area (Å²) in [6.45, 7) is 3.66. The summed E-state index contributed by atoms with van der Waals surface area (Å²) in [5.74, 6) is -1.66. The van der Waals surface area contributed by atoms with Gasteiger partial charge in [-0.25, -0.2) is 14.8 Å². The molecule has 0 unspecified atom stereocenters. The van der Waals surface area contributed by atoms with Gasteiger partial charge in [-0.1, -0.05) is 0 Å². The summed E-state index contributed by atoms with van der Waals surface area (Å²) >= 11 is 0. The van der Waals surface area contributed by atoms with Crippen LogP contribution in [0.1, 0.15) is 34.8 Å². The van der Waals surface area contributed by atoms with Crippen molar-refractivity contribution in [3.05, 3.63) is 36.0 Å². The van der Waals surface area contributed by atoms with Crippen molar-refractivity contribution in [2.24, 2.45) is 0 Å². The molecule has 0 aliphatic rings. The minimum atomic E-state index is -1.26. The number of nitrogens with zero attached hydrogens (tertiary/aromatic N) is 2. The molecule has 8 heteroatoms. The minimum Gasteiger partial charge on any atom is -0.477 e. The number of hydrogen-bond donors (Lipinski definition) is 3. The maximum absolute atomic E-state index is 12.1. The summed E-state index contributed by atoms with van der Waals surface area (Å²) in [5.41, 5.74) is -0.139. The number of imidazole rings is 1. The number of carbonyl (C=O) groups excluding carboxylic acids is 1. The standard InChI is InChI=1S/C13H14N4O4/c1-7(2)21-12-8(4-3-5-14-12)17-11(18)9-10(13(19)20)16-6-15-9/h3-7H,1-2H3,(H,15,16)(H,17,18)(H,19,20). The largest absolute Gasteiger partial charge is 0.477 e. The molecule has 0 radical (unpaired) electrons. The Bertz CT molecular complexity index is 666. The van der Waals surface area contributed by atoms with Crippen molar-refractivity contribution in [3.63, 3.8) is 0 Å². The molecular formula is C13H14N4O4. The van der Waals surface area contributed by atoms with E-state index in [1.54, 1.807) is 12.1 Å². The molecule has 0 aromatic carbocycles. The number of aromatic carboxylic acids is 1. The normalized spacial score (nSPS) is 10.4. The van der Waals surface area contributed by atoms with E-state index in [9.17, 15) is 9.59 Å². The van der Waals surface area contributed by atoms with Gasteiger partial charge in [-0.15, -0.1) is 0 Å². The number of carboxylic acids is 1. The van der Waals surface area contributed by atoms with Crippen LogP contribution in [0.15, 0.2) is 24.7 Å². The van der Waals surface area contributed by atoms with Gasteiger partial charge in [0.05, 0.1) is 12.4 Å². The highest BCUT2D eigenvalue weighted by molar-refractivity contribution is 6.09. The number of H-pyrrole nitrogens is 1. The monoisotopic (exact) mass is 290 g/mol.